The van der Waals surface area contributed by atoms with Gasteiger partial charge in [-0.15, -0.1) is 0 Å². The van der Waals surface area contributed by atoms with E-state index >= 15 is 0 Å². The molecule has 0 radical (unpaired) electrons. The van der Waals surface area contributed by atoms with Crippen LogP contribution in [0.25, 0.3) is 11.2 Å². The smallest absolute Gasteiger partial charge is 0.426 e. The number of aromatic nitrogens is 4. The molecule has 0 fully saturated rings. The zero-order valence-electron chi connectivity index (χ0n) is 33.1. The number of imidazole rings is 1. The van der Waals surface area contributed by atoms with E-state index in [2.05, 4.69) is 15.0 Å². The summed E-state index contributed by atoms with van der Waals surface area (Å²) in [5.41, 5.74) is -2.30. The van der Waals surface area contributed by atoms with Crippen LogP contribution in [0.4, 0.5) is 20.2 Å². The Hall–Kier alpha value is -4.01. The molecule has 1 atom stereocenters. The number of amides is 3. The molecule has 0 unspecified atom stereocenters. The van der Waals surface area contributed by atoms with E-state index < -0.39 is 51.4 Å². The van der Waals surface area contributed by atoms with Crippen molar-refractivity contribution in [2.75, 3.05) is 38.4 Å². The Labute approximate surface area is 336 Å². The van der Waals surface area contributed by atoms with E-state index in [1.807, 2.05) is 0 Å². The number of anilines is 1. The molecule has 1 aromatic carbocycles. The van der Waals surface area contributed by atoms with Gasteiger partial charge in [-0.3, -0.25) is 4.55 Å². The molecule has 0 aliphatic heterocycles. The highest BCUT2D eigenvalue weighted by molar-refractivity contribution is 7.84. The lowest BCUT2D eigenvalue weighted by Gasteiger charge is -2.30. The van der Waals surface area contributed by atoms with Crippen molar-refractivity contribution in [3.8, 4) is 5.75 Å². The third kappa shape index (κ3) is 13.6. The van der Waals surface area contributed by atoms with Gasteiger partial charge in [-0.25, -0.2) is 29.3 Å². The van der Waals surface area contributed by atoms with Crippen molar-refractivity contribution < 1.29 is 55.8 Å². The molecule has 56 heavy (non-hydrogen) atoms. The molecule has 0 saturated heterocycles. The van der Waals surface area contributed by atoms with E-state index in [9.17, 15) is 27.4 Å². The van der Waals surface area contributed by atoms with Crippen LogP contribution >= 0.6 is 23.2 Å². The number of rotatable bonds is 15. The molecule has 2 heterocycles. The van der Waals surface area contributed by atoms with Crippen molar-refractivity contribution in [1.29, 1.82) is 0 Å². The number of benzene rings is 1. The fraction of sp³-hybridized carbons (Fsp3) is 0.600. The number of fused-ring (bicyclic) bond motifs is 1. The van der Waals surface area contributed by atoms with Crippen LogP contribution in [-0.2, 0) is 40.5 Å². The van der Waals surface area contributed by atoms with Gasteiger partial charge < -0.3 is 33.0 Å². The molecule has 21 heteroatoms. The molecule has 3 rings (SSSR count). The highest BCUT2D eigenvalue weighted by Crippen LogP contribution is 2.35. The van der Waals surface area contributed by atoms with Gasteiger partial charge in [0.1, 0.15) is 28.9 Å². The van der Waals surface area contributed by atoms with Gasteiger partial charge >= 0.3 is 28.6 Å². The zero-order valence-corrected chi connectivity index (χ0v) is 35.5. The Balaban J connectivity index is 1.92. The van der Waals surface area contributed by atoms with E-state index in [4.69, 9.17) is 51.6 Å². The number of nitrogens with zero attached hydrogens (tertiary/aromatic N) is 6. The number of imide groups is 1. The van der Waals surface area contributed by atoms with Crippen LogP contribution < -0.4 is 9.64 Å². The highest BCUT2D eigenvalue weighted by atomic mass is 35.5. The molecule has 0 aliphatic carbocycles. The van der Waals surface area contributed by atoms with Crippen LogP contribution in [0.1, 0.15) is 80.7 Å². The first kappa shape index (κ1) is 46.4. The number of ether oxygens (including phenoxy) is 6. The van der Waals surface area contributed by atoms with Gasteiger partial charge in [-0.1, -0.05) is 23.2 Å². The second-order valence-corrected chi connectivity index (χ2v) is 17.4. The molecule has 0 spiro atoms. The second kappa shape index (κ2) is 19.0. The first-order valence-electron chi connectivity index (χ1n) is 17.4. The number of hydrogen-bond acceptors (Lipinski definition) is 14. The lowest BCUT2D eigenvalue weighted by molar-refractivity contribution is 0.0123. The topological polar surface area (TPSA) is 211 Å². The van der Waals surface area contributed by atoms with Gasteiger partial charge in [-0.05, 0) is 87.3 Å². The normalized spacial score (nSPS) is 12.9. The Kier molecular flexibility index (Phi) is 15.7. The Morgan fingerprint density at radius 1 is 0.857 bits per heavy atom. The van der Waals surface area contributed by atoms with Crippen LogP contribution in [0.3, 0.4) is 0 Å². The summed E-state index contributed by atoms with van der Waals surface area (Å²) < 4.78 is 69.6. The van der Waals surface area contributed by atoms with Crippen molar-refractivity contribution in [1.82, 2.24) is 23.8 Å². The monoisotopic (exact) mass is 848 g/mol. The fourth-order valence-electron chi connectivity index (χ4n) is 4.91. The zero-order chi connectivity index (χ0) is 42.2. The standard InChI is InChI=1S/C35H50Cl2N6O12S/c1-33(2,3)53-30(44)42(31(45)54-34(4,5)6)29-27-28(38-20-39-29)41(21-40-27)18-23-25(14-13-24(36)26(23)37)52-15-11-12-22(19-51-17-16-50-10)43(56(47,48)49)32(46)55-35(7,8)9/h13-14,20-22H,11-12,15-19H2,1-10H3,(H,47,48,49)/t22-/m1/s1. The third-order valence-corrected chi connectivity index (χ3v) is 8.85. The fourth-order valence-corrected chi connectivity index (χ4v) is 6.07. The maximum atomic E-state index is 13.4. The number of methoxy groups -OCH3 is 1. The number of hydrogen-bond donors (Lipinski definition) is 1. The molecule has 18 nitrogen and oxygen atoms in total. The lowest BCUT2D eigenvalue weighted by atomic mass is 10.1. The van der Waals surface area contributed by atoms with Gasteiger partial charge in [0.25, 0.3) is 0 Å². The first-order valence-corrected chi connectivity index (χ1v) is 19.6. The molecule has 0 aliphatic rings. The van der Waals surface area contributed by atoms with Gasteiger partial charge in [0, 0.05) is 12.7 Å². The Morgan fingerprint density at radius 3 is 2.00 bits per heavy atom. The summed E-state index contributed by atoms with van der Waals surface area (Å²) >= 11 is 13.1. The average molecular weight is 850 g/mol. The van der Waals surface area contributed by atoms with Crippen molar-refractivity contribution in [3.63, 3.8) is 0 Å². The molecule has 1 N–H and O–H groups in total. The predicted octanol–water partition coefficient (Wildman–Crippen LogP) is 7.09. The van der Waals surface area contributed by atoms with E-state index in [0.29, 0.717) is 16.2 Å². The predicted molar refractivity (Wildman–Crippen MR) is 207 cm³/mol. The van der Waals surface area contributed by atoms with Crippen molar-refractivity contribution >= 4 is 68.8 Å². The molecule has 3 aromatic rings. The molecule has 2 aromatic heterocycles. The molecule has 3 amide bonds. The van der Waals surface area contributed by atoms with E-state index in [1.165, 1.54) is 19.5 Å². The Bertz CT molecular complexity index is 1930. The van der Waals surface area contributed by atoms with Gasteiger partial charge in [0.2, 0.25) is 0 Å². The van der Waals surface area contributed by atoms with Crippen LogP contribution in [-0.4, -0.2) is 111 Å². The van der Waals surface area contributed by atoms with E-state index in [1.54, 1.807) is 72.9 Å². The minimum atomic E-state index is -5.07. The van der Waals surface area contributed by atoms with Crippen molar-refractivity contribution in [2.45, 2.75) is 105 Å². The van der Waals surface area contributed by atoms with E-state index in [0.717, 1.165) is 6.33 Å². The van der Waals surface area contributed by atoms with Gasteiger partial charge in [0.15, 0.2) is 17.0 Å². The van der Waals surface area contributed by atoms with Crippen LogP contribution in [0.15, 0.2) is 24.8 Å². The van der Waals surface area contributed by atoms with Crippen LogP contribution in [0.2, 0.25) is 10.0 Å². The Morgan fingerprint density at radius 2 is 1.45 bits per heavy atom. The summed E-state index contributed by atoms with van der Waals surface area (Å²) in [7, 11) is -3.60. The van der Waals surface area contributed by atoms with Crippen molar-refractivity contribution in [2.24, 2.45) is 0 Å². The quantitative estimate of drug-likeness (QED) is 0.0919. The maximum Gasteiger partial charge on any atom is 0.426 e. The molecule has 312 valence electrons. The molecule has 0 bridgehead atoms. The maximum absolute atomic E-state index is 13.4. The summed E-state index contributed by atoms with van der Waals surface area (Å²) in [5.74, 6) is 0.114. The third-order valence-electron chi connectivity index (χ3n) is 7.06. The van der Waals surface area contributed by atoms with Crippen molar-refractivity contribution in [3.05, 3.63) is 40.4 Å². The number of halogens is 2. The summed E-state index contributed by atoms with van der Waals surface area (Å²) in [6.45, 7) is 14.6. The first-order chi connectivity index (χ1) is 25.8. The average Bonchev–Trinajstić information content (AvgIpc) is 3.44. The summed E-state index contributed by atoms with van der Waals surface area (Å²) in [6.07, 6.45) is -0.622. The van der Waals surface area contributed by atoms with Gasteiger partial charge in [0.05, 0.1) is 55.4 Å². The largest absolute Gasteiger partial charge is 0.493 e. The number of carbonyl (C=O) groups is 3. The van der Waals surface area contributed by atoms with E-state index in [-0.39, 0.29) is 77.1 Å². The molecule has 0 saturated carbocycles. The summed E-state index contributed by atoms with van der Waals surface area (Å²) in [4.78, 5) is 53.3. The molecular weight excluding hydrogens is 799 g/mol. The molecular formula is C35H50Cl2N6O12S. The summed E-state index contributed by atoms with van der Waals surface area (Å²) in [5, 5.41) is 0.362. The second-order valence-electron chi connectivity index (χ2n) is 15.3. The summed E-state index contributed by atoms with van der Waals surface area (Å²) in [6, 6.07) is 1.95. The number of carbonyl (C=O) groups excluding carboxylic acids is 3. The highest BCUT2D eigenvalue weighted by Gasteiger charge is 2.38. The minimum Gasteiger partial charge on any atom is -0.493 e. The van der Waals surface area contributed by atoms with Gasteiger partial charge in [-0.2, -0.15) is 17.6 Å². The van der Waals surface area contributed by atoms with Crippen LogP contribution in [0.5, 0.6) is 5.75 Å². The SMILES string of the molecule is COCCOC[C@@H](CCCOc1ccc(Cl)c(Cl)c1Cn1cnc2c(N(C(=O)OC(C)(C)C)C(=O)OC(C)(C)C)ncnc21)N(C(=O)OC(C)(C)C)S(=O)(=O)O. The lowest BCUT2D eigenvalue weighted by Crippen LogP contribution is -2.48. The van der Waals surface area contributed by atoms with Crippen LogP contribution in [0, 0.1) is 0 Å². The minimum absolute atomic E-state index is 0.000319.